The van der Waals surface area contributed by atoms with E-state index in [1.165, 1.54) is 0 Å². The third-order valence-electron chi connectivity index (χ3n) is 5.86. The van der Waals surface area contributed by atoms with E-state index >= 15 is 0 Å². The second kappa shape index (κ2) is 8.28. The second-order valence-corrected chi connectivity index (χ2v) is 7.69. The van der Waals surface area contributed by atoms with Gasteiger partial charge < -0.3 is 19.4 Å². The first-order valence-corrected chi connectivity index (χ1v) is 10.5. The molecular formula is C23H25N5O2. The third-order valence-corrected chi connectivity index (χ3v) is 5.86. The Morgan fingerprint density at radius 2 is 1.37 bits per heavy atom. The summed E-state index contributed by atoms with van der Waals surface area (Å²) in [6.07, 6.45) is 0. The van der Waals surface area contributed by atoms with E-state index in [1.807, 2.05) is 53.4 Å². The van der Waals surface area contributed by atoms with Crippen molar-refractivity contribution in [2.45, 2.75) is 0 Å². The number of hydrogen-bond acceptors (Lipinski definition) is 6. The number of aromatic nitrogens is 2. The Balaban J connectivity index is 1.21. The third kappa shape index (κ3) is 3.80. The van der Waals surface area contributed by atoms with Crippen molar-refractivity contribution in [3.8, 4) is 0 Å². The van der Waals surface area contributed by atoms with E-state index in [4.69, 9.17) is 4.74 Å². The van der Waals surface area contributed by atoms with Gasteiger partial charge in [-0.15, -0.1) is 10.2 Å². The van der Waals surface area contributed by atoms with Gasteiger partial charge in [0.15, 0.2) is 11.6 Å². The lowest BCUT2D eigenvalue weighted by molar-refractivity contribution is 0.0746. The van der Waals surface area contributed by atoms with Crippen molar-refractivity contribution in [1.29, 1.82) is 0 Å². The molecule has 0 radical (unpaired) electrons. The average Bonchev–Trinajstić information content (AvgIpc) is 2.84. The standard InChI is InChI=1S/C23H25N5O2/c29-23(20-6-5-18-3-1-2-4-19(18)17-20)28-11-9-26(10-12-28)21-7-8-22(25-24-21)27-13-15-30-16-14-27/h1-8,17H,9-16H2. The monoisotopic (exact) mass is 403 g/mol. The molecule has 5 rings (SSSR count). The number of anilines is 2. The number of piperazine rings is 1. The number of nitrogens with zero attached hydrogens (tertiary/aromatic N) is 5. The van der Waals surface area contributed by atoms with Crippen molar-refractivity contribution < 1.29 is 9.53 Å². The molecule has 0 saturated carbocycles. The molecule has 0 spiro atoms. The summed E-state index contributed by atoms with van der Waals surface area (Å²) in [6.45, 7) is 6.04. The molecule has 2 saturated heterocycles. The van der Waals surface area contributed by atoms with Gasteiger partial charge in [-0.05, 0) is 35.0 Å². The number of carbonyl (C=O) groups is 1. The van der Waals surface area contributed by atoms with Crippen LogP contribution in [-0.2, 0) is 4.74 Å². The number of carbonyl (C=O) groups excluding carboxylic acids is 1. The van der Waals surface area contributed by atoms with E-state index in [1.54, 1.807) is 0 Å². The summed E-state index contributed by atoms with van der Waals surface area (Å²) in [5, 5.41) is 11.1. The highest BCUT2D eigenvalue weighted by molar-refractivity contribution is 5.98. The van der Waals surface area contributed by atoms with Gasteiger partial charge in [0.1, 0.15) is 0 Å². The molecule has 2 fully saturated rings. The number of benzene rings is 2. The highest BCUT2D eigenvalue weighted by Gasteiger charge is 2.23. The number of fused-ring (bicyclic) bond motifs is 1. The largest absolute Gasteiger partial charge is 0.378 e. The van der Waals surface area contributed by atoms with E-state index in [9.17, 15) is 4.79 Å². The Morgan fingerprint density at radius 1 is 0.733 bits per heavy atom. The van der Waals surface area contributed by atoms with Crippen LogP contribution >= 0.6 is 0 Å². The molecule has 0 atom stereocenters. The molecule has 1 amide bonds. The quantitative estimate of drug-likeness (QED) is 0.669. The smallest absolute Gasteiger partial charge is 0.253 e. The van der Waals surface area contributed by atoms with Crippen LogP contribution in [0.4, 0.5) is 11.6 Å². The van der Waals surface area contributed by atoms with Crippen LogP contribution in [-0.4, -0.2) is 73.5 Å². The molecule has 1 aromatic heterocycles. The zero-order valence-corrected chi connectivity index (χ0v) is 16.9. The van der Waals surface area contributed by atoms with Crippen molar-refractivity contribution in [2.24, 2.45) is 0 Å². The predicted octanol–water partition coefficient (Wildman–Crippen LogP) is 2.43. The first-order chi connectivity index (χ1) is 14.8. The zero-order valence-electron chi connectivity index (χ0n) is 16.9. The highest BCUT2D eigenvalue weighted by Crippen LogP contribution is 2.20. The Bertz CT molecular complexity index is 1030. The lowest BCUT2D eigenvalue weighted by atomic mass is 10.1. The molecule has 3 aromatic rings. The topological polar surface area (TPSA) is 61.8 Å². The van der Waals surface area contributed by atoms with Crippen LogP contribution in [0.2, 0.25) is 0 Å². The molecule has 0 N–H and O–H groups in total. The van der Waals surface area contributed by atoms with Crippen LogP contribution in [0.3, 0.4) is 0 Å². The second-order valence-electron chi connectivity index (χ2n) is 7.69. The maximum absolute atomic E-state index is 13.0. The molecule has 0 bridgehead atoms. The molecule has 7 heteroatoms. The Labute approximate surface area is 175 Å². The fraction of sp³-hybridized carbons (Fsp3) is 0.348. The number of ether oxygens (including phenoxy) is 1. The van der Waals surface area contributed by atoms with Crippen molar-refractivity contribution in [3.63, 3.8) is 0 Å². The predicted molar refractivity (Wildman–Crippen MR) is 117 cm³/mol. The van der Waals surface area contributed by atoms with E-state index in [2.05, 4.69) is 26.1 Å². The molecule has 2 aliphatic rings. The van der Waals surface area contributed by atoms with Gasteiger partial charge in [-0.1, -0.05) is 30.3 Å². The number of rotatable bonds is 3. The summed E-state index contributed by atoms with van der Waals surface area (Å²) in [5.41, 5.74) is 0.747. The van der Waals surface area contributed by atoms with Gasteiger partial charge in [0.05, 0.1) is 13.2 Å². The molecule has 3 heterocycles. The molecule has 0 aliphatic carbocycles. The minimum Gasteiger partial charge on any atom is -0.378 e. The summed E-state index contributed by atoms with van der Waals surface area (Å²) in [4.78, 5) is 19.3. The lowest BCUT2D eigenvalue weighted by Crippen LogP contribution is -2.49. The molecule has 0 unspecified atom stereocenters. The van der Waals surface area contributed by atoms with Gasteiger partial charge in [0.2, 0.25) is 0 Å². The van der Waals surface area contributed by atoms with Crippen LogP contribution in [0, 0.1) is 0 Å². The summed E-state index contributed by atoms with van der Waals surface area (Å²) < 4.78 is 5.39. The van der Waals surface area contributed by atoms with Gasteiger partial charge >= 0.3 is 0 Å². The fourth-order valence-electron chi connectivity index (χ4n) is 4.09. The molecule has 2 aromatic carbocycles. The Kier molecular flexibility index (Phi) is 5.19. The van der Waals surface area contributed by atoms with Crippen molar-refractivity contribution in [2.75, 3.05) is 62.3 Å². The number of morpholine rings is 1. The SMILES string of the molecule is O=C(c1ccc2ccccc2c1)N1CCN(c2ccc(N3CCOCC3)nn2)CC1. The van der Waals surface area contributed by atoms with E-state index < -0.39 is 0 Å². The summed E-state index contributed by atoms with van der Waals surface area (Å²) >= 11 is 0. The minimum atomic E-state index is 0.0918. The lowest BCUT2D eigenvalue weighted by Gasteiger charge is -2.35. The van der Waals surface area contributed by atoms with Gasteiger partial charge in [0.25, 0.3) is 5.91 Å². The van der Waals surface area contributed by atoms with Gasteiger partial charge in [-0.3, -0.25) is 4.79 Å². The fourth-order valence-corrected chi connectivity index (χ4v) is 4.09. The normalized spacial score (nSPS) is 17.4. The Morgan fingerprint density at radius 3 is 2.03 bits per heavy atom. The van der Waals surface area contributed by atoms with Crippen LogP contribution in [0.15, 0.2) is 54.6 Å². The maximum atomic E-state index is 13.0. The van der Waals surface area contributed by atoms with Gasteiger partial charge in [-0.2, -0.15) is 0 Å². The van der Waals surface area contributed by atoms with Crippen LogP contribution in [0.25, 0.3) is 10.8 Å². The van der Waals surface area contributed by atoms with Crippen molar-refractivity contribution in [3.05, 3.63) is 60.2 Å². The average molecular weight is 403 g/mol. The zero-order chi connectivity index (χ0) is 20.3. The van der Waals surface area contributed by atoms with Crippen molar-refractivity contribution in [1.82, 2.24) is 15.1 Å². The van der Waals surface area contributed by atoms with Crippen LogP contribution < -0.4 is 9.80 Å². The number of hydrogen-bond donors (Lipinski definition) is 0. The Hall–Kier alpha value is -3.19. The van der Waals surface area contributed by atoms with Gasteiger partial charge in [-0.25, -0.2) is 0 Å². The first kappa shape index (κ1) is 18.8. The van der Waals surface area contributed by atoms with Gasteiger partial charge in [0, 0.05) is 44.8 Å². The summed E-state index contributed by atoms with van der Waals surface area (Å²) in [6, 6.07) is 18.1. The molecule has 2 aliphatic heterocycles. The van der Waals surface area contributed by atoms with Crippen molar-refractivity contribution >= 4 is 28.3 Å². The van der Waals surface area contributed by atoms with E-state index in [0.717, 1.165) is 67.4 Å². The van der Waals surface area contributed by atoms with E-state index in [-0.39, 0.29) is 5.91 Å². The summed E-state index contributed by atoms with van der Waals surface area (Å²) in [5.74, 6) is 1.85. The highest BCUT2D eigenvalue weighted by atomic mass is 16.5. The van der Waals surface area contributed by atoms with E-state index in [0.29, 0.717) is 13.1 Å². The molecule has 30 heavy (non-hydrogen) atoms. The number of amides is 1. The minimum absolute atomic E-state index is 0.0918. The first-order valence-electron chi connectivity index (χ1n) is 10.5. The summed E-state index contributed by atoms with van der Waals surface area (Å²) in [7, 11) is 0. The van der Waals surface area contributed by atoms with Crippen LogP contribution in [0.5, 0.6) is 0 Å². The molecular weight excluding hydrogens is 378 g/mol. The maximum Gasteiger partial charge on any atom is 0.253 e. The van der Waals surface area contributed by atoms with Crippen LogP contribution in [0.1, 0.15) is 10.4 Å². The molecule has 154 valence electrons. The molecule has 7 nitrogen and oxygen atoms in total.